The number of hydrogen-bond donors (Lipinski definition) is 1. The van der Waals surface area contributed by atoms with E-state index in [1.54, 1.807) is 0 Å². The van der Waals surface area contributed by atoms with Crippen LogP contribution in [-0.4, -0.2) is 28.2 Å². The fourth-order valence-corrected chi connectivity index (χ4v) is 3.96. The highest BCUT2D eigenvalue weighted by molar-refractivity contribution is 5.29. The lowest BCUT2D eigenvalue weighted by Gasteiger charge is -2.32. The third-order valence-electron chi connectivity index (χ3n) is 5.51. The molecule has 3 aromatic rings. The maximum atomic E-state index is 4.35. The number of hydrogen-bond acceptors (Lipinski definition) is 2. The second-order valence-electron chi connectivity index (χ2n) is 7.51. The van der Waals surface area contributed by atoms with Crippen molar-refractivity contribution in [2.75, 3.05) is 13.1 Å². The van der Waals surface area contributed by atoms with Gasteiger partial charge >= 0.3 is 0 Å². The molecule has 2 aromatic carbocycles. The van der Waals surface area contributed by atoms with Crippen molar-refractivity contribution in [1.29, 1.82) is 0 Å². The van der Waals surface area contributed by atoms with Crippen molar-refractivity contribution in [3.8, 4) is 0 Å². The summed E-state index contributed by atoms with van der Waals surface area (Å²) in [5, 5.41) is 7.65. The van der Waals surface area contributed by atoms with Gasteiger partial charge in [0, 0.05) is 24.6 Å². The quantitative estimate of drug-likeness (QED) is 0.727. The third kappa shape index (κ3) is 4.05. The molecule has 0 radical (unpaired) electrons. The molecule has 3 heteroatoms. The summed E-state index contributed by atoms with van der Waals surface area (Å²) in [6.45, 7) is 5.52. The van der Waals surface area contributed by atoms with Crippen LogP contribution in [0.3, 0.4) is 0 Å². The largest absolute Gasteiger partial charge is 0.299 e. The Morgan fingerprint density at radius 1 is 0.962 bits per heavy atom. The fourth-order valence-electron chi connectivity index (χ4n) is 3.96. The van der Waals surface area contributed by atoms with E-state index in [0.717, 1.165) is 26.1 Å². The first-order valence-electron chi connectivity index (χ1n) is 9.62. The highest BCUT2D eigenvalue weighted by Gasteiger charge is 2.24. The van der Waals surface area contributed by atoms with Crippen LogP contribution in [-0.2, 0) is 13.0 Å². The molecule has 0 amide bonds. The Morgan fingerprint density at radius 2 is 1.69 bits per heavy atom. The van der Waals surface area contributed by atoms with Crippen molar-refractivity contribution in [3.05, 3.63) is 88.7 Å². The number of aromatic amines is 1. The fraction of sp³-hybridized carbons (Fsp3) is 0.348. The number of rotatable bonds is 5. The predicted octanol–water partition coefficient (Wildman–Crippen LogP) is 4.69. The van der Waals surface area contributed by atoms with Gasteiger partial charge in [-0.3, -0.25) is 10.00 Å². The molecule has 1 aromatic heterocycles. The second kappa shape index (κ2) is 7.88. The Balaban J connectivity index is 1.36. The van der Waals surface area contributed by atoms with Crippen LogP contribution in [0.15, 0.2) is 60.8 Å². The summed E-state index contributed by atoms with van der Waals surface area (Å²) in [7, 11) is 0. The molecule has 0 unspecified atom stereocenters. The highest BCUT2D eigenvalue weighted by atomic mass is 15.1. The molecule has 0 spiro atoms. The Bertz CT molecular complexity index is 812. The Labute approximate surface area is 156 Å². The molecule has 0 saturated carbocycles. The molecule has 0 bridgehead atoms. The van der Waals surface area contributed by atoms with Gasteiger partial charge in [-0.15, -0.1) is 0 Å². The van der Waals surface area contributed by atoms with Crippen molar-refractivity contribution < 1.29 is 0 Å². The monoisotopic (exact) mass is 345 g/mol. The minimum atomic E-state index is 0.602. The van der Waals surface area contributed by atoms with Gasteiger partial charge in [-0.2, -0.15) is 5.10 Å². The number of benzene rings is 2. The summed E-state index contributed by atoms with van der Waals surface area (Å²) in [6.07, 6.45) is 5.39. The van der Waals surface area contributed by atoms with Crippen LogP contribution in [0.5, 0.6) is 0 Å². The maximum absolute atomic E-state index is 4.35. The SMILES string of the molecule is Cc1ccc(CN2CCC(c3[nH]ncc3Cc3ccccc3)CC2)cc1. The molecule has 1 aliphatic rings. The van der Waals surface area contributed by atoms with Crippen LogP contribution in [0.1, 0.15) is 46.7 Å². The predicted molar refractivity (Wildman–Crippen MR) is 106 cm³/mol. The van der Waals surface area contributed by atoms with Crippen molar-refractivity contribution in [2.45, 2.75) is 38.6 Å². The van der Waals surface area contributed by atoms with E-state index in [1.165, 1.54) is 40.8 Å². The third-order valence-corrected chi connectivity index (χ3v) is 5.51. The molecule has 1 aliphatic heterocycles. The molecular formula is C23H27N3. The number of piperidine rings is 1. The molecule has 26 heavy (non-hydrogen) atoms. The molecule has 2 heterocycles. The van der Waals surface area contributed by atoms with Gasteiger partial charge in [0.1, 0.15) is 0 Å². The van der Waals surface area contributed by atoms with Gasteiger partial charge in [-0.05, 0) is 49.5 Å². The minimum absolute atomic E-state index is 0.602. The summed E-state index contributed by atoms with van der Waals surface area (Å²) in [4.78, 5) is 2.58. The molecule has 3 nitrogen and oxygen atoms in total. The first kappa shape index (κ1) is 17.0. The van der Waals surface area contributed by atoms with Crippen LogP contribution in [0.4, 0.5) is 0 Å². The van der Waals surface area contributed by atoms with Crippen LogP contribution < -0.4 is 0 Å². The number of aryl methyl sites for hydroxylation is 1. The summed E-state index contributed by atoms with van der Waals surface area (Å²) in [6, 6.07) is 19.6. The number of likely N-dealkylation sites (tertiary alicyclic amines) is 1. The zero-order valence-corrected chi connectivity index (χ0v) is 15.5. The van der Waals surface area contributed by atoms with E-state index in [-0.39, 0.29) is 0 Å². The average molecular weight is 345 g/mol. The van der Waals surface area contributed by atoms with Gasteiger partial charge < -0.3 is 0 Å². The van der Waals surface area contributed by atoms with Crippen molar-refractivity contribution in [1.82, 2.24) is 15.1 Å². The topological polar surface area (TPSA) is 31.9 Å². The molecule has 0 aliphatic carbocycles. The number of nitrogens with zero attached hydrogens (tertiary/aromatic N) is 2. The Kier molecular flexibility index (Phi) is 5.16. The standard InChI is InChI=1S/C23H27N3/c1-18-7-9-20(10-8-18)17-26-13-11-21(12-14-26)23-22(16-24-25-23)15-19-5-3-2-4-6-19/h2-10,16,21H,11-15,17H2,1H3,(H,24,25). The molecule has 1 N–H and O–H groups in total. The van der Waals surface area contributed by atoms with E-state index in [1.807, 2.05) is 6.20 Å². The summed E-state index contributed by atoms with van der Waals surface area (Å²) in [5.74, 6) is 0.602. The molecule has 1 fully saturated rings. The second-order valence-corrected chi connectivity index (χ2v) is 7.51. The van der Waals surface area contributed by atoms with E-state index < -0.39 is 0 Å². The summed E-state index contributed by atoms with van der Waals surface area (Å²) >= 11 is 0. The van der Waals surface area contributed by atoms with Crippen LogP contribution >= 0.6 is 0 Å². The average Bonchev–Trinajstić information content (AvgIpc) is 3.13. The van der Waals surface area contributed by atoms with Crippen LogP contribution in [0.25, 0.3) is 0 Å². The van der Waals surface area contributed by atoms with E-state index in [2.05, 4.69) is 76.6 Å². The summed E-state index contributed by atoms with van der Waals surface area (Å²) < 4.78 is 0. The van der Waals surface area contributed by atoms with E-state index >= 15 is 0 Å². The molecule has 134 valence electrons. The lowest BCUT2D eigenvalue weighted by molar-refractivity contribution is 0.203. The number of nitrogens with one attached hydrogen (secondary N) is 1. The Hall–Kier alpha value is -2.39. The first-order valence-corrected chi connectivity index (χ1v) is 9.62. The van der Waals surface area contributed by atoms with Gasteiger partial charge in [0.05, 0.1) is 6.20 Å². The normalized spacial score (nSPS) is 16.0. The summed E-state index contributed by atoms with van der Waals surface area (Å²) in [5.41, 5.74) is 6.81. The first-order chi connectivity index (χ1) is 12.8. The van der Waals surface area contributed by atoms with E-state index in [0.29, 0.717) is 5.92 Å². The van der Waals surface area contributed by atoms with Gasteiger partial charge in [-0.25, -0.2) is 0 Å². The van der Waals surface area contributed by atoms with Crippen molar-refractivity contribution in [2.24, 2.45) is 0 Å². The van der Waals surface area contributed by atoms with E-state index in [4.69, 9.17) is 0 Å². The smallest absolute Gasteiger partial charge is 0.0525 e. The van der Waals surface area contributed by atoms with Crippen LogP contribution in [0, 0.1) is 6.92 Å². The Morgan fingerprint density at radius 3 is 2.42 bits per heavy atom. The molecule has 0 atom stereocenters. The van der Waals surface area contributed by atoms with Gasteiger partial charge in [0.2, 0.25) is 0 Å². The number of aromatic nitrogens is 2. The van der Waals surface area contributed by atoms with Gasteiger partial charge in [0.25, 0.3) is 0 Å². The minimum Gasteiger partial charge on any atom is -0.299 e. The van der Waals surface area contributed by atoms with Crippen molar-refractivity contribution >= 4 is 0 Å². The molecule has 1 saturated heterocycles. The van der Waals surface area contributed by atoms with Gasteiger partial charge in [-0.1, -0.05) is 60.2 Å². The van der Waals surface area contributed by atoms with Crippen LogP contribution in [0.2, 0.25) is 0 Å². The van der Waals surface area contributed by atoms with E-state index in [9.17, 15) is 0 Å². The lowest BCUT2D eigenvalue weighted by Crippen LogP contribution is -2.32. The molecular weight excluding hydrogens is 318 g/mol. The zero-order valence-electron chi connectivity index (χ0n) is 15.5. The number of H-pyrrole nitrogens is 1. The lowest BCUT2D eigenvalue weighted by atomic mass is 9.89. The zero-order chi connectivity index (χ0) is 17.8. The maximum Gasteiger partial charge on any atom is 0.0525 e. The van der Waals surface area contributed by atoms with Gasteiger partial charge in [0.15, 0.2) is 0 Å². The highest BCUT2D eigenvalue weighted by Crippen LogP contribution is 2.30. The van der Waals surface area contributed by atoms with Crippen molar-refractivity contribution in [3.63, 3.8) is 0 Å². The molecule has 4 rings (SSSR count).